The van der Waals surface area contributed by atoms with Gasteiger partial charge < -0.3 is 20.1 Å². The summed E-state index contributed by atoms with van der Waals surface area (Å²) in [6.07, 6.45) is 13.5. The fraction of sp³-hybridized carbons (Fsp3) is 0.692. The van der Waals surface area contributed by atoms with Crippen molar-refractivity contribution in [1.29, 1.82) is 0 Å². The first-order valence-corrected chi connectivity index (χ1v) is 13.4. The lowest BCUT2D eigenvalue weighted by molar-refractivity contribution is 0.0423. The molecular formula is C26H36ClFN4O2. The summed E-state index contributed by atoms with van der Waals surface area (Å²) in [4.78, 5) is 0. The van der Waals surface area contributed by atoms with Gasteiger partial charge in [0.25, 0.3) is 0 Å². The highest BCUT2D eigenvalue weighted by atomic mass is 35.5. The third kappa shape index (κ3) is 4.75. The molecule has 1 fully saturated rings. The summed E-state index contributed by atoms with van der Waals surface area (Å²) < 4.78 is 25.4. The summed E-state index contributed by atoms with van der Waals surface area (Å²) in [5.41, 5.74) is 5.71. The number of hydrogen-bond acceptors (Lipinski definition) is 6. The Morgan fingerprint density at radius 1 is 1.06 bits per heavy atom. The largest absolute Gasteiger partial charge is 0.370 e. The molecule has 0 saturated carbocycles. The maximum absolute atomic E-state index is 13.9. The topological polar surface area (TPSA) is 66.6 Å². The quantitative estimate of drug-likeness (QED) is 0.449. The Bertz CT molecular complexity index is 932. The minimum atomic E-state index is -0.146. The second-order valence-electron chi connectivity index (χ2n) is 10.5. The van der Waals surface area contributed by atoms with Gasteiger partial charge in [-0.3, -0.25) is 10.6 Å². The van der Waals surface area contributed by atoms with Crippen LogP contribution in [0, 0.1) is 5.92 Å². The van der Waals surface area contributed by atoms with Crippen LogP contribution in [-0.2, 0) is 9.47 Å². The molecule has 0 aromatic heterocycles. The van der Waals surface area contributed by atoms with Crippen LogP contribution in [0.25, 0.3) is 0 Å². The van der Waals surface area contributed by atoms with E-state index in [0.29, 0.717) is 30.6 Å². The molecule has 6 aliphatic rings. The predicted molar refractivity (Wildman–Crippen MR) is 130 cm³/mol. The number of allylic oxidation sites excluding steroid dienone is 3. The monoisotopic (exact) mass is 490 g/mol. The molecule has 0 aromatic rings. The molecule has 0 amide bonds. The number of fused-ring (bicyclic) bond motifs is 1. The van der Waals surface area contributed by atoms with Gasteiger partial charge in [-0.1, -0.05) is 29.3 Å². The molecule has 0 bridgehead atoms. The molecule has 6 nitrogen and oxygen atoms in total. The van der Waals surface area contributed by atoms with Crippen molar-refractivity contribution in [2.75, 3.05) is 19.9 Å². The van der Waals surface area contributed by atoms with Crippen LogP contribution in [0.2, 0.25) is 0 Å². The SMILES string of the molecule is FC1=C(Cl)CC(NC2NC(C3=CCCNC3)NC3=C2CC(C2=CC4OCOC4CC2)CC3)CC1. The molecule has 3 heterocycles. The molecule has 3 aliphatic heterocycles. The first-order chi connectivity index (χ1) is 16.6. The van der Waals surface area contributed by atoms with E-state index in [-0.39, 0.29) is 36.4 Å². The lowest BCUT2D eigenvalue weighted by atomic mass is 9.76. The van der Waals surface area contributed by atoms with Gasteiger partial charge in [0.1, 0.15) is 24.9 Å². The van der Waals surface area contributed by atoms with E-state index in [1.54, 1.807) is 0 Å². The van der Waals surface area contributed by atoms with Crippen molar-refractivity contribution < 1.29 is 13.9 Å². The highest BCUT2D eigenvalue weighted by Crippen LogP contribution is 2.41. The molecule has 1 saturated heterocycles. The fourth-order valence-electron chi connectivity index (χ4n) is 6.46. The van der Waals surface area contributed by atoms with Crippen LogP contribution in [0.5, 0.6) is 0 Å². The van der Waals surface area contributed by atoms with Gasteiger partial charge in [-0.2, -0.15) is 0 Å². The minimum Gasteiger partial charge on any atom is -0.370 e. The molecule has 8 heteroatoms. The molecule has 0 radical (unpaired) electrons. The fourth-order valence-corrected chi connectivity index (χ4v) is 6.74. The second-order valence-corrected chi connectivity index (χ2v) is 11.0. The molecule has 0 spiro atoms. The zero-order chi connectivity index (χ0) is 23.1. The molecule has 4 N–H and O–H groups in total. The van der Waals surface area contributed by atoms with Gasteiger partial charge in [0.15, 0.2) is 0 Å². The van der Waals surface area contributed by atoms with Crippen molar-refractivity contribution in [1.82, 2.24) is 21.3 Å². The number of ether oxygens (including phenoxy) is 2. The molecule has 0 aromatic carbocycles. The highest BCUT2D eigenvalue weighted by molar-refractivity contribution is 6.29. The van der Waals surface area contributed by atoms with Gasteiger partial charge in [0.05, 0.1) is 17.3 Å². The average molecular weight is 491 g/mol. The zero-order valence-electron chi connectivity index (χ0n) is 19.7. The van der Waals surface area contributed by atoms with Gasteiger partial charge in [0.2, 0.25) is 0 Å². The van der Waals surface area contributed by atoms with E-state index >= 15 is 0 Å². The number of nitrogens with one attached hydrogen (secondary N) is 4. The van der Waals surface area contributed by atoms with Gasteiger partial charge in [-0.25, -0.2) is 4.39 Å². The Labute approximate surface area is 206 Å². The van der Waals surface area contributed by atoms with E-state index in [1.807, 2.05) is 0 Å². The van der Waals surface area contributed by atoms with E-state index in [2.05, 4.69) is 33.4 Å². The minimum absolute atomic E-state index is 0.0607. The summed E-state index contributed by atoms with van der Waals surface area (Å²) in [5, 5.41) is 15.4. The predicted octanol–water partition coefficient (Wildman–Crippen LogP) is 3.83. The number of rotatable bonds is 4. The third-order valence-electron chi connectivity index (χ3n) is 8.39. The summed E-state index contributed by atoms with van der Waals surface area (Å²) in [6.45, 7) is 2.37. The Morgan fingerprint density at radius 2 is 2.00 bits per heavy atom. The van der Waals surface area contributed by atoms with Crippen molar-refractivity contribution in [3.05, 3.63) is 45.4 Å². The molecular weight excluding hydrogens is 455 g/mol. The van der Waals surface area contributed by atoms with Crippen LogP contribution in [-0.4, -0.2) is 50.5 Å². The van der Waals surface area contributed by atoms with Crippen LogP contribution in [0.3, 0.4) is 0 Å². The third-order valence-corrected chi connectivity index (χ3v) is 8.75. The molecule has 3 aliphatic carbocycles. The van der Waals surface area contributed by atoms with Crippen molar-refractivity contribution >= 4 is 11.6 Å². The first-order valence-electron chi connectivity index (χ1n) is 13.0. The van der Waals surface area contributed by atoms with Crippen molar-refractivity contribution in [3.8, 4) is 0 Å². The van der Waals surface area contributed by atoms with Gasteiger partial charge >= 0.3 is 0 Å². The van der Waals surface area contributed by atoms with E-state index in [0.717, 1.165) is 58.0 Å². The maximum atomic E-state index is 13.9. The van der Waals surface area contributed by atoms with Crippen LogP contribution in [0.1, 0.15) is 57.8 Å². The van der Waals surface area contributed by atoms with E-state index in [9.17, 15) is 4.39 Å². The molecule has 34 heavy (non-hydrogen) atoms. The summed E-state index contributed by atoms with van der Waals surface area (Å²) >= 11 is 6.21. The van der Waals surface area contributed by atoms with Crippen LogP contribution >= 0.6 is 11.6 Å². The lowest BCUT2D eigenvalue weighted by Gasteiger charge is -2.44. The molecule has 6 rings (SSSR count). The van der Waals surface area contributed by atoms with Gasteiger partial charge in [-0.05, 0) is 68.6 Å². The van der Waals surface area contributed by atoms with Crippen LogP contribution in [0.4, 0.5) is 4.39 Å². The van der Waals surface area contributed by atoms with Crippen molar-refractivity contribution in [2.45, 2.75) is 88.4 Å². The van der Waals surface area contributed by atoms with E-state index < -0.39 is 0 Å². The number of halogens is 2. The Hall–Kier alpha value is -1.22. The van der Waals surface area contributed by atoms with E-state index in [4.69, 9.17) is 21.1 Å². The summed E-state index contributed by atoms with van der Waals surface area (Å²) in [6, 6.07) is 0.175. The van der Waals surface area contributed by atoms with Crippen molar-refractivity contribution in [2.24, 2.45) is 5.92 Å². The van der Waals surface area contributed by atoms with Gasteiger partial charge in [0, 0.05) is 31.1 Å². The van der Waals surface area contributed by atoms with Crippen LogP contribution < -0.4 is 21.3 Å². The maximum Gasteiger partial charge on any atom is 0.148 e. The standard InChI is InChI=1S/C26H36ClFN4O2/c27-20-12-18(5-6-21(20)28)30-26-19-10-15(16-4-8-23-24(11-16)34-14-33-23)3-7-22(19)31-25(32-26)17-2-1-9-29-13-17/h2,11,15,18,23-26,29-32H,1,3-10,12-14H2. The normalized spacial score (nSPS) is 38.6. The summed E-state index contributed by atoms with van der Waals surface area (Å²) in [5.74, 6) is 0.392. The highest BCUT2D eigenvalue weighted by Gasteiger charge is 2.38. The van der Waals surface area contributed by atoms with Crippen LogP contribution in [0.15, 0.2) is 45.4 Å². The molecule has 6 atom stereocenters. The Balaban J connectivity index is 1.22. The lowest BCUT2D eigenvalue weighted by Crippen LogP contribution is -2.62. The molecule has 6 unspecified atom stereocenters. The summed E-state index contributed by atoms with van der Waals surface area (Å²) in [7, 11) is 0. The van der Waals surface area contributed by atoms with E-state index in [1.165, 1.54) is 22.4 Å². The second kappa shape index (κ2) is 10.0. The first kappa shape index (κ1) is 23.2. The molecule has 186 valence electrons. The number of hydrogen-bond donors (Lipinski definition) is 4. The average Bonchev–Trinajstić information content (AvgIpc) is 3.34. The Morgan fingerprint density at radius 3 is 2.85 bits per heavy atom. The van der Waals surface area contributed by atoms with Crippen molar-refractivity contribution in [3.63, 3.8) is 0 Å². The Kier molecular flexibility index (Phi) is 6.84. The zero-order valence-corrected chi connectivity index (χ0v) is 20.4. The van der Waals surface area contributed by atoms with Gasteiger partial charge in [-0.15, -0.1) is 0 Å². The smallest absolute Gasteiger partial charge is 0.148 e.